The summed E-state index contributed by atoms with van der Waals surface area (Å²) in [6.45, 7) is 3.06. The summed E-state index contributed by atoms with van der Waals surface area (Å²) in [5.74, 6) is 0.00946. The highest BCUT2D eigenvalue weighted by molar-refractivity contribution is 6.00. The Labute approximate surface area is 223 Å². The largest absolute Gasteiger partial charge is 0.493 e. The molecule has 1 aliphatic carbocycles. The third-order valence-electron chi connectivity index (χ3n) is 7.42. The molecule has 3 unspecified atom stereocenters. The number of ketones is 2. The predicted octanol–water partition coefficient (Wildman–Crippen LogP) is 4.65. The molecular formula is C30H36FNO6. The summed E-state index contributed by atoms with van der Waals surface area (Å²) >= 11 is 0. The minimum Gasteiger partial charge on any atom is -0.493 e. The van der Waals surface area contributed by atoms with Crippen molar-refractivity contribution >= 4 is 17.5 Å². The monoisotopic (exact) mass is 525 g/mol. The normalized spacial score (nSPS) is 21.6. The molecule has 2 aliphatic rings. The molecule has 4 rings (SSSR count). The zero-order valence-corrected chi connectivity index (χ0v) is 22.1. The van der Waals surface area contributed by atoms with Crippen molar-refractivity contribution < 1.29 is 33.0 Å². The third-order valence-corrected chi connectivity index (χ3v) is 7.42. The molecular weight excluding hydrogens is 489 g/mol. The minimum absolute atomic E-state index is 0.0223. The molecule has 1 heterocycles. The molecule has 8 heteroatoms. The van der Waals surface area contributed by atoms with Crippen LogP contribution in [0.1, 0.15) is 54.9 Å². The van der Waals surface area contributed by atoms with E-state index in [2.05, 4.69) is 0 Å². The zero-order valence-electron chi connectivity index (χ0n) is 22.1. The Morgan fingerprint density at radius 2 is 1.76 bits per heavy atom. The molecule has 1 saturated carbocycles. The summed E-state index contributed by atoms with van der Waals surface area (Å²) in [5.41, 5.74) is 1.44. The van der Waals surface area contributed by atoms with Gasteiger partial charge >= 0.3 is 0 Å². The van der Waals surface area contributed by atoms with E-state index in [0.29, 0.717) is 62.4 Å². The molecule has 2 fully saturated rings. The molecule has 1 amide bonds. The fourth-order valence-electron chi connectivity index (χ4n) is 5.31. The van der Waals surface area contributed by atoms with Gasteiger partial charge in [0.15, 0.2) is 17.3 Å². The molecule has 0 aromatic heterocycles. The number of Topliss-reactive ketones (excluding diaryl/α,β-unsaturated/α-hetero) is 2. The number of amides is 1. The van der Waals surface area contributed by atoms with Crippen LogP contribution in [0.4, 0.5) is 4.39 Å². The number of carbonyl (C=O) groups excluding carboxylic acids is 3. The second-order valence-corrected chi connectivity index (χ2v) is 10.1. The van der Waals surface area contributed by atoms with E-state index in [0.717, 1.165) is 18.4 Å². The van der Waals surface area contributed by atoms with Crippen molar-refractivity contribution in [2.24, 2.45) is 11.8 Å². The molecule has 0 bridgehead atoms. The van der Waals surface area contributed by atoms with Gasteiger partial charge in [-0.15, -0.1) is 0 Å². The van der Waals surface area contributed by atoms with E-state index in [1.807, 2.05) is 18.2 Å². The van der Waals surface area contributed by atoms with E-state index in [1.165, 1.54) is 24.3 Å². The van der Waals surface area contributed by atoms with Gasteiger partial charge in [0.1, 0.15) is 24.3 Å². The highest BCUT2D eigenvalue weighted by Gasteiger charge is 2.39. The van der Waals surface area contributed by atoms with Gasteiger partial charge in [-0.05, 0) is 68.1 Å². The molecule has 7 nitrogen and oxygen atoms in total. The van der Waals surface area contributed by atoms with E-state index in [1.54, 1.807) is 18.9 Å². The van der Waals surface area contributed by atoms with E-state index in [-0.39, 0.29) is 41.9 Å². The second kappa shape index (κ2) is 13.0. The van der Waals surface area contributed by atoms with Crippen LogP contribution >= 0.6 is 0 Å². The van der Waals surface area contributed by atoms with Crippen molar-refractivity contribution in [1.82, 2.24) is 4.90 Å². The predicted molar refractivity (Wildman–Crippen MR) is 140 cm³/mol. The zero-order chi connectivity index (χ0) is 27.1. The number of aryl methyl sites for hydroxylation is 1. The third kappa shape index (κ3) is 6.98. The van der Waals surface area contributed by atoms with Gasteiger partial charge in [0.25, 0.3) is 0 Å². The van der Waals surface area contributed by atoms with E-state index in [4.69, 9.17) is 14.2 Å². The van der Waals surface area contributed by atoms with Crippen LogP contribution < -0.4 is 9.47 Å². The maximum Gasteiger partial charge on any atom is 0.226 e. The lowest BCUT2D eigenvalue weighted by Crippen LogP contribution is -2.51. The van der Waals surface area contributed by atoms with Gasteiger partial charge in [-0.25, -0.2) is 4.39 Å². The van der Waals surface area contributed by atoms with Gasteiger partial charge in [-0.3, -0.25) is 9.59 Å². The smallest absolute Gasteiger partial charge is 0.226 e. The van der Waals surface area contributed by atoms with Crippen molar-refractivity contribution in [3.8, 4) is 11.5 Å². The summed E-state index contributed by atoms with van der Waals surface area (Å²) in [4.78, 5) is 39.9. The Morgan fingerprint density at radius 3 is 2.47 bits per heavy atom. The van der Waals surface area contributed by atoms with Crippen LogP contribution in [0.2, 0.25) is 0 Å². The number of benzene rings is 2. The Kier molecular flexibility index (Phi) is 9.50. The number of rotatable bonds is 10. The SMILES string of the molecule is COc1cc(CCC(C)=O)ccc1OCC1CN(C(=O)C2CCCCC2C(=O)c2ccc(F)cc2)CCO1. The fourth-order valence-corrected chi connectivity index (χ4v) is 5.31. The maximum absolute atomic E-state index is 13.6. The quantitative estimate of drug-likeness (QED) is 0.420. The highest BCUT2D eigenvalue weighted by atomic mass is 19.1. The number of methoxy groups -OCH3 is 1. The van der Waals surface area contributed by atoms with Crippen molar-refractivity contribution in [3.05, 3.63) is 59.4 Å². The molecule has 204 valence electrons. The Hall–Kier alpha value is -3.26. The summed E-state index contributed by atoms with van der Waals surface area (Å²) in [6.07, 6.45) is 3.93. The number of morpholine rings is 1. The van der Waals surface area contributed by atoms with Gasteiger partial charge in [0.05, 0.1) is 20.3 Å². The standard InChI is InChI=1S/C30H36FNO6/c1-20(33)7-8-21-9-14-27(28(17-21)36-2)38-19-24-18-32(15-16-37-24)30(35)26-6-4-3-5-25(26)29(34)22-10-12-23(31)13-11-22/h9-14,17,24-26H,3-8,15-16,18-19H2,1-2H3. The average Bonchev–Trinajstić information content (AvgIpc) is 2.95. The molecule has 0 N–H and O–H groups in total. The van der Waals surface area contributed by atoms with Crippen LogP contribution in [0.25, 0.3) is 0 Å². The first-order valence-corrected chi connectivity index (χ1v) is 13.3. The summed E-state index contributed by atoms with van der Waals surface area (Å²) in [5, 5.41) is 0. The van der Waals surface area contributed by atoms with E-state index >= 15 is 0 Å². The van der Waals surface area contributed by atoms with Crippen LogP contribution in [-0.2, 0) is 20.7 Å². The van der Waals surface area contributed by atoms with Gasteiger partial charge < -0.3 is 23.9 Å². The van der Waals surface area contributed by atoms with Crippen LogP contribution in [0.3, 0.4) is 0 Å². The Balaban J connectivity index is 1.37. The number of hydrogen-bond donors (Lipinski definition) is 0. The lowest BCUT2D eigenvalue weighted by molar-refractivity contribution is -0.146. The lowest BCUT2D eigenvalue weighted by Gasteiger charge is -2.38. The Morgan fingerprint density at radius 1 is 1.03 bits per heavy atom. The van der Waals surface area contributed by atoms with Gasteiger partial charge in [0, 0.05) is 30.4 Å². The topological polar surface area (TPSA) is 82.1 Å². The van der Waals surface area contributed by atoms with Crippen molar-refractivity contribution in [3.63, 3.8) is 0 Å². The van der Waals surface area contributed by atoms with Crippen LogP contribution in [0.15, 0.2) is 42.5 Å². The minimum atomic E-state index is -0.398. The molecule has 3 atom stereocenters. The number of ether oxygens (including phenoxy) is 3. The van der Waals surface area contributed by atoms with Gasteiger partial charge in [-0.2, -0.15) is 0 Å². The van der Waals surface area contributed by atoms with Crippen molar-refractivity contribution in [2.75, 3.05) is 33.4 Å². The van der Waals surface area contributed by atoms with Crippen LogP contribution in [-0.4, -0.2) is 61.9 Å². The van der Waals surface area contributed by atoms with Gasteiger partial charge in [-0.1, -0.05) is 18.9 Å². The first kappa shape index (κ1) is 27.8. The van der Waals surface area contributed by atoms with E-state index < -0.39 is 5.92 Å². The fraction of sp³-hybridized carbons (Fsp3) is 0.500. The molecule has 38 heavy (non-hydrogen) atoms. The number of hydrogen-bond acceptors (Lipinski definition) is 6. The first-order chi connectivity index (χ1) is 18.4. The molecule has 0 radical (unpaired) electrons. The Bertz CT molecular complexity index is 1130. The number of halogens is 1. The van der Waals surface area contributed by atoms with Crippen molar-refractivity contribution in [2.45, 2.75) is 51.6 Å². The molecule has 2 aromatic carbocycles. The highest BCUT2D eigenvalue weighted by Crippen LogP contribution is 2.35. The van der Waals surface area contributed by atoms with Crippen molar-refractivity contribution in [1.29, 1.82) is 0 Å². The van der Waals surface area contributed by atoms with Gasteiger partial charge in [0.2, 0.25) is 5.91 Å². The average molecular weight is 526 g/mol. The molecule has 1 saturated heterocycles. The molecule has 2 aromatic rings. The van der Waals surface area contributed by atoms with E-state index in [9.17, 15) is 18.8 Å². The summed E-state index contributed by atoms with van der Waals surface area (Å²) < 4.78 is 30.7. The number of carbonyl (C=O) groups is 3. The first-order valence-electron chi connectivity index (χ1n) is 13.3. The molecule has 0 spiro atoms. The molecule has 1 aliphatic heterocycles. The maximum atomic E-state index is 13.6. The summed E-state index contributed by atoms with van der Waals surface area (Å²) in [6, 6.07) is 11.2. The van der Waals surface area contributed by atoms with Crippen LogP contribution in [0.5, 0.6) is 11.5 Å². The van der Waals surface area contributed by atoms with Crippen LogP contribution in [0, 0.1) is 17.7 Å². The summed E-state index contributed by atoms with van der Waals surface area (Å²) in [7, 11) is 1.57. The lowest BCUT2D eigenvalue weighted by atomic mass is 9.74. The number of nitrogens with zero attached hydrogens (tertiary/aromatic N) is 1. The second-order valence-electron chi connectivity index (χ2n) is 10.1.